The zero-order valence-corrected chi connectivity index (χ0v) is 14.2. The predicted octanol–water partition coefficient (Wildman–Crippen LogP) is 4.94. The van der Waals surface area contributed by atoms with Crippen LogP contribution in [0.2, 0.25) is 5.02 Å². The lowest BCUT2D eigenvalue weighted by Crippen LogP contribution is -1.97. The molecule has 1 aromatic carbocycles. The molecule has 2 aromatic heterocycles. The van der Waals surface area contributed by atoms with Gasteiger partial charge in [-0.3, -0.25) is 0 Å². The Labute approximate surface area is 140 Å². The molecule has 3 aromatic rings. The first kappa shape index (κ1) is 15.1. The summed E-state index contributed by atoms with van der Waals surface area (Å²) in [5.74, 6) is 1.99. The molecule has 0 amide bonds. The number of aryl methyl sites for hydroxylation is 2. The van der Waals surface area contributed by atoms with Crippen LogP contribution in [0.3, 0.4) is 0 Å². The summed E-state index contributed by atoms with van der Waals surface area (Å²) in [4.78, 5) is 4.23. The Morgan fingerprint density at radius 3 is 2.59 bits per heavy atom. The molecular formula is C15H12BrClN2O3. The van der Waals surface area contributed by atoms with Crippen LogP contribution in [0.1, 0.15) is 17.0 Å². The van der Waals surface area contributed by atoms with Gasteiger partial charge < -0.3 is 13.7 Å². The van der Waals surface area contributed by atoms with Crippen LogP contribution in [0.25, 0.3) is 11.6 Å². The number of hydrogen-bond donors (Lipinski definition) is 0. The molecule has 0 aliphatic carbocycles. The molecule has 0 unspecified atom stereocenters. The fourth-order valence-electron chi connectivity index (χ4n) is 1.98. The van der Waals surface area contributed by atoms with Crippen molar-refractivity contribution in [3.63, 3.8) is 0 Å². The van der Waals surface area contributed by atoms with E-state index in [1.54, 1.807) is 12.1 Å². The van der Waals surface area contributed by atoms with Crippen LogP contribution in [-0.4, -0.2) is 10.1 Å². The van der Waals surface area contributed by atoms with E-state index < -0.39 is 0 Å². The van der Waals surface area contributed by atoms with Gasteiger partial charge in [-0.1, -0.05) is 16.8 Å². The van der Waals surface area contributed by atoms with E-state index in [0.717, 1.165) is 16.1 Å². The van der Waals surface area contributed by atoms with E-state index in [0.29, 0.717) is 27.9 Å². The third-order valence-corrected chi connectivity index (χ3v) is 4.06. The SMILES string of the molecule is Cc1cc(OCc2nc(-c3ccc(Br)o3)no2)cc(C)c1Cl. The standard InChI is InChI=1S/C15H12BrClN2O3/c1-8-5-10(6-9(2)14(8)17)20-7-13-18-15(19-22-13)11-3-4-12(16)21-11/h3-6H,7H2,1-2H3. The minimum Gasteiger partial charge on any atom is -0.484 e. The largest absolute Gasteiger partial charge is 0.484 e. The first-order valence-corrected chi connectivity index (χ1v) is 7.68. The van der Waals surface area contributed by atoms with Crippen molar-refractivity contribution in [2.24, 2.45) is 0 Å². The number of hydrogen-bond acceptors (Lipinski definition) is 5. The van der Waals surface area contributed by atoms with Gasteiger partial charge in [0.15, 0.2) is 17.0 Å². The molecular weight excluding hydrogens is 372 g/mol. The summed E-state index contributed by atoms with van der Waals surface area (Å²) in [7, 11) is 0. The van der Waals surface area contributed by atoms with Gasteiger partial charge in [0.05, 0.1) is 0 Å². The number of ether oxygens (including phenoxy) is 1. The molecule has 0 N–H and O–H groups in total. The Hall–Kier alpha value is -1.79. The van der Waals surface area contributed by atoms with Gasteiger partial charge in [0.1, 0.15) is 5.75 Å². The van der Waals surface area contributed by atoms with Crippen LogP contribution in [0.15, 0.2) is 37.9 Å². The summed E-state index contributed by atoms with van der Waals surface area (Å²) < 4.78 is 16.8. The maximum Gasteiger partial charge on any atom is 0.264 e. The highest BCUT2D eigenvalue weighted by molar-refractivity contribution is 9.10. The van der Waals surface area contributed by atoms with Crippen LogP contribution in [-0.2, 0) is 6.61 Å². The van der Waals surface area contributed by atoms with Crippen molar-refractivity contribution >= 4 is 27.5 Å². The number of furan rings is 1. The van der Waals surface area contributed by atoms with Crippen LogP contribution < -0.4 is 4.74 Å². The third kappa shape index (κ3) is 3.18. The summed E-state index contributed by atoms with van der Waals surface area (Å²) in [6.45, 7) is 4.04. The number of aromatic nitrogens is 2. The molecule has 0 aliphatic heterocycles. The lowest BCUT2D eigenvalue weighted by atomic mass is 10.1. The Balaban J connectivity index is 1.71. The molecule has 0 bridgehead atoms. The lowest BCUT2D eigenvalue weighted by Gasteiger charge is -2.08. The highest BCUT2D eigenvalue weighted by atomic mass is 79.9. The summed E-state index contributed by atoms with van der Waals surface area (Å²) in [5.41, 5.74) is 1.92. The summed E-state index contributed by atoms with van der Waals surface area (Å²) in [6.07, 6.45) is 0. The molecule has 114 valence electrons. The van der Waals surface area contributed by atoms with E-state index in [4.69, 9.17) is 25.3 Å². The monoisotopic (exact) mass is 382 g/mol. The van der Waals surface area contributed by atoms with E-state index in [2.05, 4.69) is 26.1 Å². The van der Waals surface area contributed by atoms with Crippen molar-refractivity contribution in [1.29, 1.82) is 0 Å². The maximum atomic E-state index is 6.13. The Morgan fingerprint density at radius 2 is 1.95 bits per heavy atom. The minimum atomic E-state index is 0.176. The minimum absolute atomic E-state index is 0.176. The van der Waals surface area contributed by atoms with E-state index in [1.807, 2.05) is 26.0 Å². The van der Waals surface area contributed by atoms with Gasteiger partial charge >= 0.3 is 0 Å². The van der Waals surface area contributed by atoms with Crippen molar-refractivity contribution in [3.8, 4) is 17.3 Å². The molecule has 0 fully saturated rings. The fourth-order valence-corrected chi connectivity index (χ4v) is 2.40. The fraction of sp³-hybridized carbons (Fsp3) is 0.200. The number of halogens is 2. The van der Waals surface area contributed by atoms with Crippen LogP contribution in [0.4, 0.5) is 0 Å². The highest BCUT2D eigenvalue weighted by Gasteiger charge is 2.13. The summed E-state index contributed by atoms with van der Waals surface area (Å²) in [6, 6.07) is 7.26. The van der Waals surface area contributed by atoms with Gasteiger partial charge in [-0.2, -0.15) is 4.98 Å². The molecule has 5 nitrogen and oxygen atoms in total. The van der Waals surface area contributed by atoms with Gasteiger partial charge in [0, 0.05) is 5.02 Å². The van der Waals surface area contributed by atoms with E-state index >= 15 is 0 Å². The van der Waals surface area contributed by atoms with E-state index in [1.165, 1.54) is 0 Å². The maximum absolute atomic E-state index is 6.13. The lowest BCUT2D eigenvalue weighted by molar-refractivity contribution is 0.242. The van der Waals surface area contributed by atoms with Gasteiger partial charge in [0.2, 0.25) is 5.82 Å². The van der Waals surface area contributed by atoms with Crippen LogP contribution in [0, 0.1) is 13.8 Å². The smallest absolute Gasteiger partial charge is 0.264 e. The van der Waals surface area contributed by atoms with E-state index in [-0.39, 0.29) is 6.61 Å². The third-order valence-electron chi connectivity index (χ3n) is 3.03. The van der Waals surface area contributed by atoms with Crippen LogP contribution in [0.5, 0.6) is 5.75 Å². The highest BCUT2D eigenvalue weighted by Crippen LogP contribution is 2.27. The molecule has 7 heteroatoms. The van der Waals surface area contributed by atoms with Crippen molar-refractivity contribution < 1.29 is 13.7 Å². The molecule has 2 heterocycles. The second-order valence-corrected chi connectivity index (χ2v) is 5.93. The first-order chi connectivity index (χ1) is 10.5. The van der Waals surface area contributed by atoms with Crippen molar-refractivity contribution in [2.45, 2.75) is 20.5 Å². The zero-order valence-electron chi connectivity index (χ0n) is 11.9. The van der Waals surface area contributed by atoms with Crippen molar-refractivity contribution in [1.82, 2.24) is 10.1 Å². The van der Waals surface area contributed by atoms with Gasteiger partial charge in [0.25, 0.3) is 5.89 Å². The Bertz CT molecular complexity index is 790. The molecule has 0 saturated carbocycles. The molecule has 0 saturated heterocycles. The Kier molecular flexibility index (Phi) is 4.22. The molecule has 0 atom stereocenters. The Morgan fingerprint density at radius 1 is 1.23 bits per heavy atom. The van der Waals surface area contributed by atoms with Gasteiger partial charge in [-0.25, -0.2) is 0 Å². The first-order valence-electron chi connectivity index (χ1n) is 6.51. The van der Waals surface area contributed by atoms with E-state index in [9.17, 15) is 0 Å². The second kappa shape index (κ2) is 6.14. The average molecular weight is 384 g/mol. The topological polar surface area (TPSA) is 61.3 Å². The van der Waals surface area contributed by atoms with Gasteiger partial charge in [-0.05, 0) is 65.2 Å². The summed E-state index contributed by atoms with van der Waals surface area (Å²) in [5, 5.41) is 4.61. The molecule has 3 rings (SSSR count). The second-order valence-electron chi connectivity index (χ2n) is 4.78. The average Bonchev–Trinajstić information content (AvgIpc) is 3.11. The van der Waals surface area contributed by atoms with Crippen molar-refractivity contribution in [3.05, 3.63) is 51.0 Å². The molecule has 0 aliphatic rings. The molecule has 22 heavy (non-hydrogen) atoms. The quantitative estimate of drug-likeness (QED) is 0.638. The number of benzene rings is 1. The molecule has 0 radical (unpaired) electrons. The zero-order chi connectivity index (χ0) is 15.7. The molecule has 0 spiro atoms. The summed E-state index contributed by atoms with van der Waals surface area (Å²) >= 11 is 9.36. The predicted molar refractivity (Wildman–Crippen MR) is 85.0 cm³/mol. The number of nitrogens with zero attached hydrogens (tertiary/aromatic N) is 2. The van der Waals surface area contributed by atoms with Gasteiger partial charge in [-0.15, -0.1) is 0 Å². The van der Waals surface area contributed by atoms with Crippen LogP contribution >= 0.6 is 27.5 Å². The normalized spacial score (nSPS) is 10.9. The van der Waals surface area contributed by atoms with Crippen molar-refractivity contribution in [2.75, 3.05) is 0 Å². The number of rotatable bonds is 4.